The molecule has 0 aliphatic heterocycles. The van der Waals surface area contributed by atoms with Gasteiger partial charge < -0.3 is 15.6 Å². The van der Waals surface area contributed by atoms with Gasteiger partial charge in [0.1, 0.15) is 12.4 Å². The Labute approximate surface area is 121 Å². The van der Waals surface area contributed by atoms with Gasteiger partial charge in [0.25, 0.3) is 0 Å². The first-order chi connectivity index (χ1) is 9.19. The van der Waals surface area contributed by atoms with Crippen LogP contribution in [0.3, 0.4) is 0 Å². The summed E-state index contributed by atoms with van der Waals surface area (Å²) in [5.74, 6) is 0.811. The van der Waals surface area contributed by atoms with Gasteiger partial charge >= 0.3 is 0 Å². The Hall–Kier alpha value is -1.52. The molecule has 4 heteroatoms. The predicted octanol–water partition coefficient (Wildman–Crippen LogP) is 3.15. The summed E-state index contributed by atoms with van der Waals surface area (Å²) >= 11 is 3.47. The monoisotopic (exact) mass is 321 g/mol. The van der Waals surface area contributed by atoms with E-state index in [1.807, 2.05) is 42.5 Å². The summed E-state index contributed by atoms with van der Waals surface area (Å²) in [5.41, 5.74) is 8.56. The Balaban J connectivity index is 1.98. The second-order valence-corrected chi connectivity index (χ2v) is 5.11. The number of ether oxygens (including phenoxy) is 1. The molecular formula is C15H16BrNO2. The highest BCUT2D eigenvalue weighted by Crippen LogP contribution is 2.22. The summed E-state index contributed by atoms with van der Waals surface area (Å²) in [5, 5.41) is 8.85. The van der Waals surface area contributed by atoms with Crippen LogP contribution in [0.15, 0.2) is 46.9 Å². The van der Waals surface area contributed by atoms with E-state index < -0.39 is 0 Å². The molecule has 0 saturated heterocycles. The lowest BCUT2D eigenvalue weighted by Gasteiger charge is -2.09. The van der Waals surface area contributed by atoms with Gasteiger partial charge in [0.15, 0.2) is 0 Å². The second-order valence-electron chi connectivity index (χ2n) is 4.26. The van der Waals surface area contributed by atoms with E-state index in [0.717, 1.165) is 27.0 Å². The quantitative estimate of drug-likeness (QED) is 0.832. The summed E-state index contributed by atoms with van der Waals surface area (Å²) in [6.45, 7) is 0.652. The van der Waals surface area contributed by atoms with E-state index in [4.69, 9.17) is 15.6 Å². The van der Waals surface area contributed by atoms with E-state index in [1.54, 1.807) is 0 Å². The number of hydrogen-bond acceptors (Lipinski definition) is 3. The Kier molecular flexibility index (Phi) is 4.82. The lowest BCUT2D eigenvalue weighted by Crippen LogP contribution is -1.98. The van der Waals surface area contributed by atoms with E-state index in [9.17, 15) is 0 Å². The highest BCUT2D eigenvalue weighted by molar-refractivity contribution is 9.10. The molecule has 0 heterocycles. The zero-order valence-corrected chi connectivity index (χ0v) is 12.1. The maximum atomic E-state index is 8.85. The number of aliphatic hydroxyl groups is 1. The molecule has 3 N–H and O–H groups in total. The van der Waals surface area contributed by atoms with Gasteiger partial charge in [-0.1, -0.05) is 34.1 Å². The van der Waals surface area contributed by atoms with Gasteiger partial charge in [-0.15, -0.1) is 0 Å². The fourth-order valence-electron chi connectivity index (χ4n) is 1.72. The van der Waals surface area contributed by atoms with Crippen LogP contribution in [0.5, 0.6) is 5.75 Å². The third kappa shape index (κ3) is 3.98. The maximum absolute atomic E-state index is 8.85. The van der Waals surface area contributed by atoms with Crippen LogP contribution in [0, 0.1) is 0 Å². The first kappa shape index (κ1) is 13.9. The highest BCUT2D eigenvalue weighted by Gasteiger charge is 2.02. The van der Waals surface area contributed by atoms with Crippen molar-refractivity contribution in [2.45, 2.75) is 13.0 Å². The number of anilines is 1. The molecule has 0 aliphatic carbocycles. The van der Waals surface area contributed by atoms with Crippen molar-refractivity contribution in [1.29, 1.82) is 0 Å². The number of hydrogen-bond donors (Lipinski definition) is 2. The molecule has 0 bridgehead atoms. The molecule has 0 aromatic heterocycles. The third-order valence-electron chi connectivity index (χ3n) is 2.80. The van der Waals surface area contributed by atoms with Crippen molar-refractivity contribution in [3.8, 4) is 5.75 Å². The normalized spacial score (nSPS) is 10.4. The van der Waals surface area contributed by atoms with E-state index in [0.29, 0.717) is 13.0 Å². The third-order valence-corrected chi connectivity index (χ3v) is 3.53. The minimum atomic E-state index is 0.165. The largest absolute Gasteiger partial charge is 0.489 e. The van der Waals surface area contributed by atoms with Crippen molar-refractivity contribution in [3.63, 3.8) is 0 Å². The number of benzene rings is 2. The first-order valence-corrected chi connectivity index (χ1v) is 6.85. The standard InChI is InChI=1S/C15H16BrNO2/c16-15-9-13(17)4-3-12(15)10-19-14-5-1-11(2-6-14)7-8-18/h1-6,9,18H,7-8,10,17H2. The van der Waals surface area contributed by atoms with Crippen molar-refractivity contribution in [3.05, 3.63) is 58.1 Å². The van der Waals surface area contributed by atoms with Crippen LogP contribution < -0.4 is 10.5 Å². The van der Waals surface area contributed by atoms with E-state index in [1.165, 1.54) is 0 Å². The summed E-state index contributed by atoms with van der Waals surface area (Å²) < 4.78 is 6.66. The zero-order valence-electron chi connectivity index (χ0n) is 10.5. The SMILES string of the molecule is Nc1ccc(COc2ccc(CCO)cc2)c(Br)c1. The van der Waals surface area contributed by atoms with Gasteiger partial charge in [-0.25, -0.2) is 0 Å². The second kappa shape index (κ2) is 6.59. The molecule has 2 aromatic carbocycles. The lowest BCUT2D eigenvalue weighted by molar-refractivity contribution is 0.298. The number of nitrogen functional groups attached to an aromatic ring is 1. The smallest absolute Gasteiger partial charge is 0.119 e. The van der Waals surface area contributed by atoms with E-state index in [-0.39, 0.29) is 6.61 Å². The minimum Gasteiger partial charge on any atom is -0.489 e. The molecule has 2 rings (SSSR count). The number of rotatable bonds is 5. The molecule has 0 fully saturated rings. The fraction of sp³-hybridized carbons (Fsp3) is 0.200. The van der Waals surface area contributed by atoms with Crippen LogP contribution in [0.4, 0.5) is 5.69 Å². The van der Waals surface area contributed by atoms with Crippen LogP contribution in [-0.4, -0.2) is 11.7 Å². The molecule has 0 atom stereocenters. The number of halogens is 1. The average molecular weight is 322 g/mol. The summed E-state index contributed by atoms with van der Waals surface area (Å²) in [6, 6.07) is 13.4. The number of nitrogens with two attached hydrogens (primary N) is 1. The summed E-state index contributed by atoms with van der Waals surface area (Å²) in [6.07, 6.45) is 0.670. The van der Waals surface area contributed by atoms with Gasteiger partial charge in [0.2, 0.25) is 0 Å². The lowest BCUT2D eigenvalue weighted by atomic mass is 10.1. The molecule has 0 spiro atoms. The Morgan fingerprint density at radius 3 is 2.47 bits per heavy atom. The molecule has 0 aliphatic rings. The topological polar surface area (TPSA) is 55.5 Å². The molecule has 2 aromatic rings. The van der Waals surface area contributed by atoms with Gasteiger partial charge in [0.05, 0.1) is 0 Å². The average Bonchev–Trinajstić information content (AvgIpc) is 2.40. The molecule has 0 unspecified atom stereocenters. The molecular weight excluding hydrogens is 306 g/mol. The highest BCUT2D eigenvalue weighted by atomic mass is 79.9. The van der Waals surface area contributed by atoms with Gasteiger partial charge in [-0.05, 0) is 36.2 Å². The molecule has 100 valence electrons. The maximum Gasteiger partial charge on any atom is 0.119 e. The zero-order chi connectivity index (χ0) is 13.7. The first-order valence-electron chi connectivity index (χ1n) is 6.05. The van der Waals surface area contributed by atoms with Crippen LogP contribution in [0.1, 0.15) is 11.1 Å². The van der Waals surface area contributed by atoms with E-state index >= 15 is 0 Å². The van der Waals surface area contributed by atoms with Crippen molar-refractivity contribution in [2.75, 3.05) is 12.3 Å². The molecule has 0 amide bonds. The summed E-state index contributed by atoms with van der Waals surface area (Å²) in [7, 11) is 0. The van der Waals surface area contributed by atoms with E-state index in [2.05, 4.69) is 15.9 Å². The minimum absolute atomic E-state index is 0.165. The molecule has 0 radical (unpaired) electrons. The molecule has 19 heavy (non-hydrogen) atoms. The predicted molar refractivity (Wildman–Crippen MR) is 80.1 cm³/mol. The van der Waals surface area contributed by atoms with Crippen molar-refractivity contribution >= 4 is 21.6 Å². The summed E-state index contributed by atoms with van der Waals surface area (Å²) in [4.78, 5) is 0. The fourth-order valence-corrected chi connectivity index (χ4v) is 2.23. The van der Waals surface area contributed by atoms with Crippen molar-refractivity contribution in [2.24, 2.45) is 0 Å². The van der Waals surface area contributed by atoms with Gasteiger partial charge in [-0.2, -0.15) is 0 Å². The van der Waals surface area contributed by atoms with Crippen LogP contribution in [0.2, 0.25) is 0 Å². The number of aliphatic hydroxyl groups excluding tert-OH is 1. The van der Waals surface area contributed by atoms with Gasteiger partial charge in [-0.3, -0.25) is 0 Å². The van der Waals surface area contributed by atoms with Crippen molar-refractivity contribution in [1.82, 2.24) is 0 Å². The van der Waals surface area contributed by atoms with Gasteiger partial charge in [0, 0.05) is 22.3 Å². The Morgan fingerprint density at radius 2 is 1.84 bits per heavy atom. The molecule has 0 saturated carbocycles. The molecule has 3 nitrogen and oxygen atoms in total. The van der Waals surface area contributed by atoms with Crippen LogP contribution in [0.25, 0.3) is 0 Å². The van der Waals surface area contributed by atoms with Crippen LogP contribution >= 0.6 is 15.9 Å². The van der Waals surface area contributed by atoms with Crippen LogP contribution in [-0.2, 0) is 13.0 Å². The Morgan fingerprint density at radius 1 is 1.11 bits per heavy atom. The Bertz CT molecular complexity index is 540. The van der Waals surface area contributed by atoms with Crippen molar-refractivity contribution < 1.29 is 9.84 Å².